The van der Waals surface area contributed by atoms with Crippen LogP contribution in [0.25, 0.3) is 10.8 Å². The van der Waals surface area contributed by atoms with Crippen molar-refractivity contribution in [1.82, 2.24) is 4.98 Å². The predicted octanol–water partition coefficient (Wildman–Crippen LogP) is 1.49. The standard InChI is InChI=1S/C11H10N2O2/c12-11-4-10-8(5-13-11)2-1-3-9(10)6-15-7-14/h1-5,7H,6H2,(H2,12,13). The van der Waals surface area contributed by atoms with Gasteiger partial charge in [-0.1, -0.05) is 18.2 Å². The Bertz CT molecular complexity index is 497. The van der Waals surface area contributed by atoms with Crippen molar-refractivity contribution in [2.45, 2.75) is 6.61 Å². The van der Waals surface area contributed by atoms with Crippen LogP contribution in [0.15, 0.2) is 30.5 Å². The number of pyridine rings is 1. The van der Waals surface area contributed by atoms with Crippen molar-refractivity contribution in [1.29, 1.82) is 0 Å². The first-order chi connectivity index (χ1) is 7.31. The Morgan fingerprint density at radius 2 is 2.33 bits per heavy atom. The fourth-order valence-corrected chi connectivity index (χ4v) is 1.50. The molecule has 0 bridgehead atoms. The Kier molecular flexibility index (Phi) is 2.49. The maximum Gasteiger partial charge on any atom is 0.293 e. The molecule has 0 aliphatic heterocycles. The van der Waals surface area contributed by atoms with E-state index in [1.54, 1.807) is 12.3 Å². The predicted molar refractivity (Wildman–Crippen MR) is 57.0 cm³/mol. The number of carbonyl (C=O) groups excluding carboxylic acids is 1. The lowest BCUT2D eigenvalue weighted by molar-refractivity contribution is -0.129. The molecule has 0 spiro atoms. The van der Waals surface area contributed by atoms with Crippen molar-refractivity contribution in [3.8, 4) is 0 Å². The minimum absolute atomic E-state index is 0.254. The van der Waals surface area contributed by atoms with Gasteiger partial charge in [0.2, 0.25) is 0 Å². The fraction of sp³-hybridized carbons (Fsp3) is 0.0909. The summed E-state index contributed by atoms with van der Waals surface area (Å²) in [5.74, 6) is 0.459. The van der Waals surface area contributed by atoms with Crippen molar-refractivity contribution >= 4 is 23.1 Å². The smallest absolute Gasteiger partial charge is 0.293 e. The molecule has 2 N–H and O–H groups in total. The molecule has 0 amide bonds. The van der Waals surface area contributed by atoms with Gasteiger partial charge in [-0.25, -0.2) is 4.98 Å². The molecular weight excluding hydrogens is 192 g/mol. The third kappa shape index (κ3) is 1.88. The largest absolute Gasteiger partial charge is 0.463 e. The summed E-state index contributed by atoms with van der Waals surface area (Å²) in [5.41, 5.74) is 6.52. The number of hydrogen-bond acceptors (Lipinski definition) is 4. The monoisotopic (exact) mass is 202 g/mol. The first-order valence-electron chi connectivity index (χ1n) is 4.49. The van der Waals surface area contributed by atoms with Crippen LogP contribution in [-0.4, -0.2) is 11.5 Å². The summed E-state index contributed by atoms with van der Waals surface area (Å²) in [6, 6.07) is 7.50. The van der Waals surface area contributed by atoms with Gasteiger partial charge in [0.25, 0.3) is 6.47 Å². The molecule has 4 nitrogen and oxygen atoms in total. The van der Waals surface area contributed by atoms with Gasteiger partial charge in [0.1, 0.15) is 12.4 Å². The van der Waals surface area contributed by atoms with E-state index < -0.39 is 0 Å². The van der Waals surface area contributed by atoms with Gasteiger partial charge in [0, 0.05) is 11.6 Å². The summed E-state index contributed by atoms with van der Waals surface area (Å²) in [5, 5.41) is 1.95. The molecule has 0 unspecified atom stereocenters. The average molecular weight is 202 g/mol. The first kappa shape index (κ1) is 9.45. The lowest BCUT2D eigenvalue weighted by Crippen LogP contribution is -1.94. The van der Waals surface area contributed by atoms with Crippen molar-refractivity contribution in [2.24, 2.45) is 0 Å². The van der Waals surface area contributed by atoms with Crippen LogP contribution in [0.2, 0.25) is 0 Å². The highest BCUT2D eigenvalue weighted by atomic mass is 16.5. The molecule has 0 radical (unpaired) electrons. The van der Waals surface area contributed by atoms with Crippen LogP contribution >= 0.6 is 0 Å². The number of nitrogens with zero attached hydrogens (tertiary/aromatic N) is 1. The molecular formula is C11H10N2O2. The molecule has 1 heterocycles. The van der Waals surface area contributed by atoms with Crippen LogP contribution in [0.3, 0.4) is 0 Å². The lowest BCUT2D eigenvalue weighted by Gasteiger charge is -2.05. The fourth-order valence-electron chi connectivity index (χ4n) is 1.50. The van der Waals surface area contributed by atoms with Crippen LogP contribution in [0.4, 0.5) is 5.82 Å². The molecule has 2 aromatic rings. The highest BCUT2D eigenvalue weighted by Crippen LogP contribution is 2.20. The van der Waals surface area contributed by atoms with Crippen LogP contribution in [0.1, 0.15) is 5.56 Å². The summed E-state index contributed by atoms with van der Waals surface area (Å²) in [7, 11) is 0. The summed E-state index contributed by atoms with van der Waals surface area (Å²) >= 11 is 0. The van der Waals surface area contributed by atoms with E-state index >= 15 is 0 Å². The van der Waals surface area contributed by atoms with E-state index in [4.69, 9.17) is 10.5 Å². The number of rotatable bonds is 3. The van der Waals surface area contributed by atoms with Gasteiger partial charge in [-0.05, 0) is 17.0 Å². The summed E-state index contributed by atoms with van der Waals surface area (Å²) in [4.78, 5) is 14.1. The van der Waals surface area contributed by atoms with E-state index in [2.05, 4.69) is 4.98 Å². The number of carbonyl (C=O) groups is 1. The third-order valence-electron chi connectivity index (χ3n) is 2.18. The van der Waals surface area contributed by atoms with Gasteiger partial charge in [-0.15, -0.1) is 0 Å². The maximum absolute atomic E-state index is 10.1. The maximum atomic E-state index is 10.1. The molecule has 76 valence electrons. The normalized spacial score (nSPS) is 10.1. The molecule has 0 fully saturated rings. The summed E-state index contributed by atoms with van der Waals surface area (Å²) < 4.78 is 4.73. The van der Waals surface area contributed by atoms with Crippen LogP contribution in [-0.2, 0) is 16.1 Å². The number of ether oxygens (including phenoxy) is 1. The number of aromatic nitrogens is 1. The van der Waals surface area contributed by atoms with Crippen molar-refractivity contribution in [3.05, 3.63) is 36.0 Å². The molecule has 15 heavy (non-hydrogen) atoms. The number of nitrogen functional groups attached to an aromatic ring is 1. The second kappa shape index (κ2) is 3.96. The second-order valence-corrected chi connectivity index (χ2v) is 3.15. The van der Waals surface area contributed by atoms with Gasteiger partial charge in [0.15, 0.2) is 0 Å². The summed E-state index contributed by atoms with van der Waals surface area (Å²) in [6.45, 7) is 0.688. The Hall–Kier alpha value is -2.10. The van der Waals surface area contributed by atoms with Crippen molar-refractivity contribution < 1.29 is 9.53 Å². The molecule has 0 saturated heterocycles. The second-order valence-electron chi connectivity index (χ2n) is 3.15. The van der Waals surface area contributed by atoms with Gasteiger partial charge >= 0.3 is 0 Å². The third-order valence-corrected chi connectivity index (χ3v) is 2.18. The number of benzene rings is 1. The quantitative estimate of drug-likeness (QED) is 0.766. The van der Waals surface area contributed by atoms with Crippen molar-refractivity contribution in [3.63, 3.8) is 0 Å². The topological polar surface area (TPSA) is 65.2 Å². The molecule has 0 saturated carbocycles. The van der Waals surface area contributed by atoms with Crippen LogP contribution in [0.5, 0.6) is 0 Å². The van der Waals surface area contributed by atoms with Gasteiger partial charge in [-0.2, -0.15) is 0 Å². The van der Waals surface area contributed by atoms with E-state index in [-0.39, 0.29) is 6.61 Å². The van der Waals surface area contributed by atoms with Crippen LogP contribution < -0.4 is 5.73 Å². The van der Waals surface area contributed by atoms with E-state index in [0.29, 0.717) is 12.3 Å². The first-order valence-corrected chi connectivity index (χ1v) is 4.49. The van der Waals surface area contributed by atoms with E-state index in [1.807, 2.05) is 18.2 Å². The molecule has 0 aliphatic carbocycles. The molecule has 2 rings (SSSR count). The van der Waals surface area contributed by atoms with Gasteiger partial charge in [0.05, 0.1) is 0 Å². The Balaban J connectivity index is 2.52. The number of anilines is 1. The zero-order chi connectivity index (χ0) is 10.7. The Labute approximate surface area is 86.7 Å². The summed E-state index contributed by atoms with van der Waals surface area (Å²) in [6.07, 6.45) is 1.70. The minimum Gasteiger partial charge on any atom is -0.463 e. The van der Waals surface area contributed by atoms with E-state index in [9.17, 15) is 4.79 Å². The highest BCUT2D eigenvalue weighted by molar-refractivity contribution is 5.86. The van der Waals surface area contributed by atoms with Gasteiger partial charge in [-0.3, -0.25) is 4.79 Å². The van der Waals surface area contributed by atoms with Crippen LogP contribution in [0, 0.1) is 0 Å². The molecule has 0 aliphatic rings. The van der Waals surface area contributed by atoms with E-state index in [0.717, 1.165) is 16.3 Å². The lowest BCUT2D eigenvalue weighted by atomic mass is 10.1. The molecule has 1 aromatic carbocycles. The molecule has 4 heteroatoms. The number of hydrogen-bond donors (Lipinski definition) is 1. The highest BCUT2D eigenvalue weighted by Gasteiger charge is 2.01. The molecule has 1 aromatic heterocycles. The van der Waals surface area contributed by atoms with Gasteiger partial charge < -0.3 is 10.5 Å². The zero-order valence-corrected chi connectivity index (χ0v) is 8.01. The molecule has 0 atom stereocenters. The Morgan fingerprint density at radius 3 is 3.13 bits per heavy atom. The SMILES string of the molecule is Nc1cc2c(COC=O)cccc2cn1. The van der Waals surface area contributed by atoms with E-state index in [1.165, 1.54) is 0 Å². The minimum atomic E-state index is 0.254. The number of fused-ring (bicyclic) bond motifs is 1. The van der Waals surface area contributed by atoms with Crippen molar-refractivity contribution in [2.75, 3.05) is 5.73 Å². The zero-order valence-electron chi connectivity index (χ0n) is 8.01. The number of nitrogens with two attached hydrogens (primary N) is 1. The Morgan fingerprint density at radius 1 is 1.47 bits per heavy atom. The average Bonchev–Trinajstić information content (AvgIpc) is 2.26.